The predicted octanol–water partition coefficient (Wildman–Crippen LogP) is 1.42. The van der Waals surface area contributed by atoms with Crippen molar-refractivity contribution in [3.8, 4) is 0 Å². The molecule has 10 heteroatoms. The van der Waals surface area contributed by atoms with Crippen LogP contribution in [0.25, 0.3) is 0 Å². The lowest BCUT2D eigenvalue weighted by molar-refractivity contribution is -0.127. The van der Waals surface area contributed by atoms with Crippen LogP contribution < -0.4 is 10.6 Å². The first-order valence-corrected chi connectivity index (χ1v) is 9.98. The molecule has 0 aliphatic carbocycles. The lowest BCUT2D eigenvalue weighted by atomic mass is 10.2. The van der Waals surface area contributed by atoms with Crippen molar-refractivity contribution in [1.82, 2.24) is 20.4 Å². The summed E-state index contributed by atoms with van der Waals surface area (Å²) in [5, 5.41) is 6.26. The van der Waals surface area contributed by atoms with Crippen molar-refractivity contribution in [1.29, 1.82) is 0 Å². The summed E-state index contributed by atoms with van der Waals surface area (Å²) in [5.41, 5.74) is -0.523. The lowest BCUT2D eigenvalue weighted by Gasteiger charge is -2.24. The summed E-state index contributed by atoms with van der Waals surface area (Å²) >= 11 is 0. The number of carbonyl (C=O) groups is 2. The normalized spacial score (nSPS) is 22.1. The average molecular weight is 525 g/mol. The molecule has 0 bridgehead atoms. The Balaban J connectivity index is 0.00000420. The zero-order chi connectivity index (χ0) is 20.7. The van der Waals surface area contributed by atoms with Crippen LogP contribution in [0.4, 0.5) is 4.79 Å². The van der Waals surface area contributed by atoms with Crippen LogP contribution in [0.1, 0.15) is 40.0 Å². The van der Waals surface area contributed by atoms with E-state index >= 15 is 0 Å². The number of likely N-dealkylation sites (N-methyl/N-ethyl adjacent to an activating group) is 1. The number of carbonyl (C=O) groups excluding carboxylic acids is 2. The first-order valence-electron chi connectivity index (χ1n) is 9.98. The monoisotopic (exact) mass is 525 g/mol. The summed E-state index contributed by atoms with van der Waals surface area (Å²) in [4.78, 5) is 32.1. The maximum Gasteiger partial charge on any atom is 0.407 e. The van der Waals surface area contributed by atoms with Gasteiger partial charge in [-0.15, -0.1) is 24.0 Å². The van der Waals surface area contributed by atoms with Crippen LogP contribution in [-0.2, 0) is 14.3 Å². The minimum absolute atomic E-state index is 0. The fourth-order valence-electron chi connectivity index (χ4n) is 3.11. The molecule has 2 N–H and O–H groups in total. The first kappa shape index (κ1) is 25.7. The van der Waals surface area contributed by atoms with Gasteiger partial charge >= 0.3 is 6.09 Å². The number of rotatable bonds is 5. The summed E-state index contributed by atoms with van der Waals surface area (Å²) in [7, 11) is 3.43. The van der Waals surface area contributed by atoms with Gasteiger partial charge < -0.3 is 29.9 Å². The lowest BCUT2D eigenvalue weighted by Crippen LogP contribution is -2.46. The third-order valence-corrected chi connectivity index (χ3v) is 4.58. The molecule has 2 heterocycles. The highest BCUT2D eigenvalue weighted by Crippen LogP contribution is 2.14. The fourth-order valence-corrected chi connectivity index (χ4v) is 3.11. The van der Waals surface area contributed by atoms with Crippen molar-refractivity contribution >= 4 is 41.9 Å². The number of nitrogens with zero attached hydrogens (tertiary/aromatic N) is 3. The Kier molecular flexibility index (Phi) is 10.4. The van der Waals surface area contributed by atoms with Gasteiger partial charge in [-0.05, 0) is 40.0 Å². The van der Waals surface area contributed by atoms with E-state index in [2.05, 4.69) is 20.5 Å². The van der Waals surface area contributed by atoms with E-state index in [1.54, 1.807) is 14.1 Å². The molecule has 2 aliphatic rings. The van der Waals surface area contributed by atoms with Crippen molar-refractivity contribution < 1.29 is 19.1 Å². The Morgan fingerprint density at radius 1 is 1.28 bits per heavy atom. The van der Waals surface area contributed by atoms with E-state index in [1.807, 2.05) is 20.8 Å². The number of ether oxygens (including phenoxy) is 2. The van der Waals surface area contributed by atoms with Gasteiger partial charge in [-0.25, -0.2) is 9.79 Å². The van der Waals surface area contributed by atoms with E-state index < -0.39 is 11.7 Å². The van der Waals surface area contributed by atoms with Gasteiger partial charge in [0.05, 0.1) is 12.1 Å². The number of halogens is 1. The van der Waals surface area contributed by atoms with E-state index in [0.29, 0.717) is 19.0 Å². The smallest absolute Gasteiger partial charge is 0.407 e. The number of guanidine groups is 1. The zero-order valence-electron chi connectivity index (χ0n) is 18.2. The van der Waals surface area contributed by atoms with Crippen LogP contribution in [0.5, 0.6) is 0 Å². The van der Waals surface area contributed by atoms with E-state index in [4.69, 9.17) is 9.47 Å². The molecule has 2 saturated heterocycles. The molecule has 0 aromatic heterocycles. The second kappa shape index (κ2) is 11.8. The molecule has 0 aromatic carbocycles. The van der Waals surface area contributed by atoms with Crippen molar-refractivity contribution in [3.05, 3.63) is 0 Å². The molecule has 2 amide bonds. The molecule has 168 valence electrons. The van der Waals surface area contributed by atoms with Gasteiger partial charge in [0.2, 0.25) is 5.91 Å². The standard InChI is InChI=1S/C19H35N5O4.HI/c1-19(2,3)28-18(26)22-14-8-9-24(13-14)17(21-12-16(25)23(4)5)20-11-15-7-6-10-27-15;/h14-15H,6-13H2,1-5H3,(H,20,21)(H,22,26);1H. The number of alkyl carbamates (subject to hydrolysis) is 1. The molecule has 2 unspecified atom stereocenters. The number of nitrogens with one attached hydrogen (secondary N) is 2. The number of amides is 2. The van der Waals surface area contributed by atoms with Crippen LogP contribution in [0.3, 0.4) is 0 Å². The third-order valence-electron chi connectivity index (χ3n) is 4.58. The van der Waals surface area contributed by atoms with Crippen molar-refractivity contribution in [2.45, 2.75) is 57.8 Å². The van der Waals surface area contributed by atoms with Crippen molar-refractivity contribution in [3.63, 3.8) is 0 Å². The van der Waals surface area contributed by atoms with Gasteiger partial charge in [0.25, 0.3) is 0 Å². The second-order valence-corrected chi connectivity index (χ2v) is 8.52. The number of aliphatic imine (C=N–C) groups is 1. The average Bonchev–Trinajstić information content (AvgIpc) is 3.24. The van der Waals surface area contributed by atoms with Crippen LogP contribution in [0.2, 0.25) is 0 Å². The Morgan fingerprint density at radius 3 is 2.59 bits per heavy atom. The largest absolute Gasteiger partial charge is 0.444 e. The Labute approximate surface area is 191 Å². The van der Waals surface area contributed by atoms with Gasteiger partial charge in [0.15, 0.2) is 5.96 Å². The minimum atomic E-state index is -0.523. The molecule has 0 spiro atoms. The fraction of sp³-hybridized carbons (Fsp3) is 0.842. The highest BCUT2D eigenvalue weighted by atomic mass is 127. The number of hydrogen-bond donors (Lipinski definition) is 2. The van der Waals surface area contributed by atoms with Crippen LogP contribution in [0, 0.1) is 0 Å². The van der Waals surface area contributed by atoms with Crippen LogP contribution in [0.15, 0.2) is 4.99 Å². The topological polar surface area (TPSA) is 95.5 Å². The third kappa shape index (κ3) is 9.37. The molecule has 2 aliphatic heterocycles. The zero-order valence-corrected chi connectivity index (χ0v) is 20.5. The van der Waals surface area contributed by atoms with Gasteiger partial charge in [0.1, 0.15) is 12.1 Å². The Morgan fingerprint density at radius 2 is 2.00 bits per heavy atom. The van der Waals surface area contributed by atoms with Gasteiger partial charge in [-0.3, -0.25) is 4.79 Å². The second-order valence-electron chi connectivity index (χ2n) is 8.52. The van der Waals surface area contributed by atoms with E-state index in [-0.39, 0.29) is 48.6 Å². The number of hydrogen-bond acceptors (Lipinski definition) is 5. The summed E-state index contributed by atoms with van der Waals surface area (Å²) in [6.45, 7) is 8.43. The van der Waals surface area contributed by atoms with Crippen LogP contribution in [-0.4, -0.2) is 92.4 Å². The van der Waals surface area contributed by atoms with E-state index in [9.17, 15) is 9.59 Å². The Bertz CT molecular complexity index is 573. The van der Waals surface area contributed by atoms with E-state index in [0.717, 1.165) is 32.4 Å². The molecule has 2 rings (SSSR count). The molecule has 2 fully saturated rings. The molecule has 9 nitrogen and oxygen atoms in total. The predicted molar refractivity (Wildman–Crippen MR) is 123 cm³/mol. The van der Waals surface area contributed by atoms with Crippen molar-refractivity contribution in [2.24, 2.45) is 4.99 Å². The van der Waals surface area contributed by atoms with E-state index in [1.165, 1.54) is 4.90 Å². The summed E-state index contributed by atoms with van der Waals surface area (Å²) in [5.74, 6) is 0.623. The molecular formula is C19H36IN5O4. The summed E-state index contributed by atoms with van der Waals surface area (Å²) < 4.78 is 11.0. The highest BCUT2D eigenvalue weighted by molar-refractivity contribution is 14.0. The molecule has 2 atom stereocenters. The summed E-state index contributed by atoms with van der Waals surface area (Å²) in [6.07, 6.45) is 2.66. The van der Waals surface area contributed by atoms with Gasteiger partial charge in [-0.2, -0.15) is 0 Å². The quantitative estimate of drug-likeness (QED) is 0.320. The number of likely N-dealkylation sites (tertiary alicyclic amines) is 1. The molecular weight excluding hydrogens is 489 g/mol. The first-order chi connectivity index (χ1) is 13.1. The highest BCUT2D eigenvalue weighted by Gasteiger charge is 2.28. The Hall–Kier alpha value is -1.30. The molecule has 29 heavy (non-hydrogen) atoms. The summed E-state index contributed by atoms with van der Waals surface area (Å²) in [6, 6.07) is -0.0193. The SMILES string of the molecule is CN(C)C(=O)CN=C(NCC1CCCO1)N1CCC(NC(=O)OC(C)(C)C)C1.I. The van der Waals surface area contributed by atoms with Crippen molar-refractivity contribution in [2.75, 3.05) is 46.9 Å². The maximum atomic E-state index is 12.0. The molecule has 0 radical (unpaired) electrons. The molecule has 0 saturated carbocycles. The van der Waals surface area contributed by atoms with Gasteiger partial charge in [0, 0.05) is 40.3 Å². The van der Waals surface area contributed by atoms with Crippen LogP contribution >= 0.6 is 24.0 Å². The minimum Gasteiger partial charge on any atom is -0.444 e. The molecule has 0 aromatic rings. The van der Waals surface area contributed by atoms with Gasteiger partial charge in [-0.1, -0.05) is 0 Å². The maximum absolute atomic E-state index is 12.0.